The summed E-state index contributed by atoms with van der Waals surface area (Å²) in [6.45, 7) is 3.59. The maximum absolute atomic E-state index is 13.8. The first kappa shape index (κ1) is 32.2. The molecule has 0 bridgehead atoms. The molecule has 46 heavy (non-hydrogen) atoms. The number of carboxylic acid groups (broad SMARTS) is 1. The van der Waals surface area contributed by atoms with Crippen molar-refractivity contribution in [2.24, 2.45) is 0 Å². The summed E-state index contributed by atoms with van der Waals surface area (Å²) < 4.78 is 92.0. The summed E-state index contributed by atoms with van der Waals surface area (Å²) in [4.78, 5) is 23.2. The van der Waals surface area contributed by atoms with Gasteiger partial charge in [-0.3, -0.25) is 0 Å². The van der Waals surface area contributed by atoms with Gasteiger partial charge in [-0.2, -0.15) is 36.1 Å². The van der Waals surface area contributed by atoms with Crippen LogP contribution in [0, 0.1) is 13.8 Å². The van der Waals surface area contributed by atoms with E-state index in [0.717, 1.165) is 11.6 Å². The van der Waals surface area contributed by atoms with Gasteiger partial charge < -0.3 is 14.6 Å². The van der Waals surface area contributed by atoms with Crippen LogP contribution < -0.4 is 9.47 Å². The van der Waals surface area contributed by atoms with Crippen LogP contribution in [0.3, 0.4) is 0 Å². The highest BCUT2D eigenvalue weighted by Crippen LogP contribution is 2.37. The number of nitrogens with zero attached hydrogens (tertiary/aromatic N) is 5. The van der Waals surface area contributed by atoms with Crippen molar-refractivity contribution in [1.82, 2.24) is 24.7 Å². The van der Waals surface area contributed by atoms with Crippen LogP contribution >= 0.6 is 11.6 Å². The number of benzene rings is 2. The molecule has 3 heterocycles. The second kappa shape index (κ2) is 12.3. The topological polar surface area (TPSA) is 112 Å². The van der Waals surface area contributed by atoms with Gasteiger partial charge in [0.2, 0.25) is 5.88 Å². The number of halogens is 7. The summed E-state index contributed by atoms with van der Waals surface area (Å²) in [6.07, 6.45) is -7.25. The third-order valence-electron chi connectivity index (χ3n) is 6.56. The third-order valence-corrected chi connectivity index (χ3v) is 6.83. The lowest BCUT2D eigenvalue weighted by Crippen LogP contribution is -2.18. The summed E-state index contributed by atoms with van der Waals surface area (Å²) in [5.41, 5.74) is -0.786. The smallest absolute Gasteiger partial charge is 0.434 e. The van der Waals surface area contributed by atoms with Crippen molar-refractivity contribution in [1.29, 1.82) is 0 Å². The first-order valence-corrected chi connectivity index (χ1v) is 13.5. The highest BCUT2D eigenvalue weighted by Gasteiger charge is 2.41. The van der Waals surface area contributed by atoms with E-state index in [0.29, 0.717) is 39.5 Å². The molecule has 0 atom stereocenters. The van der Waals surface area contributed by atoms with Crippen LogP contribution in [-0.2, 0) is 19.0 Å². The molecule has 9 nitrogen and oxygen atoms in total. The zero-order valence-electron chi connectivity index (χ0n) is 23.6. The fraction of sp³-hybridized carbons (Fsp3) is 0.167. The quantitative estimate of drug-likeness (QED) is 0.166. The highest BCUT2D eigenvalue weighted by atomic mass is 35.5. The van der Waals surface area contributed by atoms with Crippen LogP contribution in [0.1, 0.15) is 38.3 Å². The maximum atomic E-state index is 13.8. The van der Waals surface area contributed by atoms with Crippen LogP contribution in [0.2, 0.25) is 5.02 Å². The number of hydrogen-bond acceptors (Lipinski definition) is 7. The first-order chi connectivity index (χ1) is 21.6. The van der Waals surface area contributed by atoms with Crippen molar-refractivity contribution in [3.8, 4) is 34.6 Å². The van der Waals surface area contributed by atoms with Crippen molar-refractivity contribution < 1.29 is 45.7 Å². The van der Waals surface area contributed by atoms with E-state index in [9.17, 15) is 36.2 Å². The zero-order chi connectivity index (χ0) is 33.4. The molecule has 238 valence electrons. The van der Waals surface area contributed by atoms with Crippen LogP contribution in [0.15, 0.2) is 67.1 Å². The summed E-state index contributed by atoms with van der Waals surface area (Å²) in [6, 6.07) is 12.2. The van der Waals surface area contributed by atoms with Gasteiger partial charge in [0.25, 0.3) is 5.95 Å². The van der Waals surface area contributed by atoms with E-state index >= 15 is 0 Å². The number of ether oxygens (including phenoxy) is 2. The molecule has 0 amide bonds. The second-order valence-electron chi connectivity index (χ2n) is 9.85. The van der Waals surface area contributed by atoms with Crippen LogP contribution in [0.25, 0.3) is 17.2 Å². The first-order valence-electron chi connectivity index (χ1n) is 13.1. The van der Waals surface area contributed by atoms with E-state index in [1.807, 2.05) is 0 Å². The van der Waals surface area contributed by atoms with E-state index in [4.69, 9.17) is 21.1 Å². The van der Waals surface area contributed by atoms with Crippen molar-refractivity contribution in [2.45, 2.75) is 32.8 Å². The molecule has 2 aromatic carbocycles. The molecule has 16 heteroatoms. The Morgan fingerprint density at radius 2 is 1.72 bits per heavy atom. The molecular formula is C30H20ClF6N5O4. The van der Waals surface area contributed by atoms with Crippen molar-refractivity contribution >= 4 is 17.6 Å². The second-order valence-corrected chi connectivity index (χ2v) is 10.3. The van der Waals surface area contributed by atoms with Gasteiger partial charge in [0.05, 0.1) is 17.5 Å². The standard InChI is InChI=1S/C30H20ClF6N5O4/c1-15-3-6-24(20(9-15)23-7-8-38-28(41-23)42-25(30(35,36)37)21(13-40-42)27(43)44)45-14-17-4-5-19(10-16(17)2)46-26-22(31)11-18(12-39-26)29(32,33)34/h3-13H,14H2,1-2H3,(H,43,44). The Hall–Kier alpha value is -5.18. The van der Waals surface area contributed by atoms with E-state index in [1.54, 1.807) is 50.2 Å². The summed E-state index contributed by atoms with van der Waals surface area (Å²) in [5.74, 6) is -1.91. The van der Waals surface area contributed by atoms with Crippen molar-refractivity contribution in [3.63, 3.8) is 0 Å². The SMILES string of the molecule is Cc1ccc(OCc2ccc(Oc3ncc(C(F)(F)F)cc3Cl)cc2C)c(-c2ccnc(-n3ncc(C(=O)O)c3C(F)(F)F)n2)c1. The molecule has 0 fully saturated rings. The Morgan fingerprint density at radius 1 is 0.957 bits per heavy atom. The van der Waals surface area contributed by atoms with Gasteiger partial charge in [-0.05, 0) is 61.4 Å². The van der Waals surface area contributed by atoms with E-state index < -0.39 is 41.1 Å². The van der Waals surface area contributed by atoms with E-state index in [1.165, 1.54) is 12.3 Å². The highest BCUT2D eigenvalue weighted by molar-refractivity contribution is 6.31. The number of hydrogen-bond donors (Lipinski definition) is 1. The van der Waals surface area contributed by atoms with E-state index in [-0.39, 0.29) is 29.0 Å². The molecule has 5 rings (SSSR count). The number of rotatable bonds is 8. The van der Waals surface area contributed by atoms with Crippen LogP contribution in [-0.4, -0.2) is 35.8 Å². The summed E-state index contributed by atoms with van der Waals surface area (Å²) in [7, 11) is 0. The number of aryl methyl sites for hydroxylation is 2. The van der Waals surface area contributed by atoms with Gasteiger partial charge in [-0.15, -0.1) is 0 Å². The number of alkyl halides is 6. The zero-order valence-corrected chi connectivity index (χ0v) is 24.4. The molecule has 5 aromatic rings. The van der Waals surface area contributed by atoms with E-state index in [2.05, 4.69) is 20.1 Å². The fourth-order valence-electron chi connectivity index (χ4n) is 4.32. The normalized spacial score (nSPS) is 11.8. The molecule has 0 aliphatic carbocycles. The minimum absolute atomic E-state index is 0.0404. The predicted molar refractivity (Wildman–Crippen MR) is 151 cm³/mol. The lowest BCUT2D eigenvalue weighted by atomic mass is 10.1. The Morgan fingerprint density at radius 3 is 2.37 bits per heavy atom. The predicted octanol–water partition coefficient (Wildman–Crippen LogP) is 8.10. The largest absolute Gasteiger partial charge is 0.488 e. The maximum Gasteiger partial charge on any atom is 0.434 e. The number of aromatic carboxylic acids is 1. The lowest BCUT2D eigenvalue weighted by molar-refractivity contribution is -0.143. The number of carboxylic acids is 1. The molecule has 0 aliphatic rings. The number of pyridine rings is 1. The molecule has 3 aromatic heterocycles. The minimum atomic E-state index is -5.06. The molecule has 0 aliphatic heterocycles. The lowest BCUT2D eigenvalue weighted by Gasteiger charge is -2.15. The van der Waals surface area contributed by atoms with Gasteiger partial charge >= 0.3 is 18.3 Å². The Bertz CT molecular complexity index is 1940. The number of aromatic nitrogens is 5. The molecule has 0 spiro atoms. The Balaban J connectivity index is 1.38. The van der Waals surface area contributed by atoms with Gasteiger partial charge in [-0.25, -0.2) is 19.7 Å². The number of carbonyl (C=O) groups is 1. The van der Waals surface area contributed by atoms with Crippen LogP contribution in [0.5, 0.6) is 17.4 Å². The molecule has 0 unspecified atom stereocenters. The van der Waals surface area contributed by atoms with Gasteiger partial charge in [0, 0.05) is 18.0 Å². The molecule has 0 saturated carbocycles. The molecule has 0 radical (unpaired) electrons. The molecule has 0 saturated heterocycles. The molecule has 1 N–H and O–H groups in total. The third kappa shape index (κ3) is 6.88. The summed E-state index contributed by atoms with van der Waals surface area (Å²) >= 11 is 5.94. The van der Waals surface area contributed by atoms with Gasteiger partial charge in [-0.1, -0.05) is 29.3 Å². The van der Waals surface area contributed by atoms with Crippen molar-refractivity contribution in [3.05, 3.63) is 106 Å². The van der Waals surface area contributed by atoms with Crippen molar-refractivity contribution in [2.75, 3.05) is 0 Å². The average Bonchev–Trinajstić information content (AvgIpc) is 3.45. The van der Waals surface area contributed by atoms with Gasteiger partial charge in [0.1, 0.15) is 28.7 Å². The fourth-order valence-corrected chi connectivity index (χ4v) is 4.52. The Kier molecular flexibility index (Phi) is 8.62. The summed E-state index contributed by atoms with van der Waals surface area (Å²) in [5, 5.41) is 12.5. The average molecular weight is 664 g/mol. The minimum Gasteiger partial charge on any atom is -0.488 e. The monoisotopic (exact) mass is 663 g/mol. The van der Waals surface area contributed by atoms with Crippen LogP contribution in [0.4, 0.5) is 26.3 Å². The van der Waals surface area contributed by atoms with Gasteiger partial charge in [0.15, 0.2) is 5.69 Å². The Labute approximate surface area is 261 Å². The molecular weight excluding hydrogens is 644 g/mol.